The molecule has 3 unspecified atom stereocenters. The Kier molecular flexibility index (Phi) is 30.4. The van der Waals surface area contributed by atoms with Gasteiger partial charge in [-0.1, -0.05) is 165 Å². The summed E-state index contributed by atoms with van der Waals surface area (Å²) in [6, 6.07) is -1.00. The highest BCUT2D eigenvalue weighted by Gasteiger charge is 2.44. The summed E-state index contributed by atoms with van der Waals surface area (Å²) in [5, 5.41) is 64.5. The lowest BCUT2D eigenvalue weighted by atomic mass is 9.99. The van der Waals surface area contributed by atoms with Crippen molar-refractivity contribution >= 4 is 5.91 Å². The first-order valence-corrected chi connectivity index (χ1v) is 21.2. The van der Waals surface area contributed by atoms with Crippen molar-refractivity contribution in [3.63, 3.8) is 0 Å². The lowest BCUT2D eigenvalue weighted by Gasteiger charge is -2.40. The van der Waals surface area contributed by atoms with Crippen LogP contribution in [0.3, 0.4) is 0 Å². The monoisotopic (exact) mass is 754 g/mol. The second-order valence-corrected chi connectivity index (χ2v) is 15.1. The van der Waals surface area contributed by atoms with Crippen molar-refractivity contribution < 1.29 is 44.9 Å². The van der Waals surface area contributed by atoms with Crippen LogP contribution >= 0.6 is 0 Å². The van der Waals surface area contributed by atoms with Crippen molar-refractivity contribution in [1.29, 1.82) is 0 Å². The molecular formula is C43H79NO9. The second kappa shape index (κ2) is 32.6. The van der Waals surface area contributed by atoms with Crippen molar-refractivity contribution in [3.05, 3.63) is 36.0 Å². The van der Waals surface area contributed by atoms with E-state index >= 15 is 0 Å². The summed E-state index contributed by atoms with van der Waals surface area (Å²) in [6.45, 7) is 5.60. The molecule has 0 aromatic heterocycles. The molecule has 1 fully saturated rings. The van der Waals surface area contributed by atoms with Gasteiger partial charge < -0.3 is 45.4 Å². The van der Waals surface area contributed by atoms with Gasteiger partial charge in [0.1, 0.15) is 30.5 Å². The molecule has 0 saturated carbocycles. The van der Waals surface area contributed by atoms with Crippen molar-refractivity contribution in [2.24, 2.45) is 0 Å². The van der Waals surface area contributed by atoms with Crippen LogP contribution in [0.5, 0.6) is 0 Å². The molecule has 0 radical (unpaired) electrons. The van der Waals surface area contributed by atoms with Gasteiger partial charge in [-0.25, -0.2) is 0 Å². The summed E-state index contributed by atoms with van der Waals surface area (Å²) >= 11 is 0. The van der Waals surface area contributed by atoms with Crippen LogP contribution in [0.25, 0.3) is 0 Å². The lowest BCUT2D eigenvalue weighted by molar-refractivity contribution is -0.302. The normalized spacial score (nSPS) is 22.8. The number of carbonyl (C=O) groups is 1. The van der Waals surface area contributed by atoms with Gasteiger partial charge in [-0.3, -0.25) is 4.79 Å². The Morgan fingerprint density at radius 1 is 0.717 bits per heavy atom. The van der Waals surface area contributed by atoms with Crippen LogP contribution in [0.2, 0.25) is 0 Å². The summed E-state index contributed by atoms with van der Waals surface area (Å²) in [5.74, 6) is -0.634. The number of amides is 1. The fraction of sp³-hybridized carbons (Fsp3) is 0.837. The minimum Gasteiger partial charge on any atom is -0.394 e. The number of ether oxygens (including phenoxy) is 2. The minimum atomic E-state index is -1.62. The molecule has 1 amide bonds. The highest BCUT2D eigenvalue weighted by atomic mass is 16.7. The molecule has 7 N–H and O–H groups in total. The zero-order valence-electron chi connectivity index (χ0n) is 33.6. The van der Waals surface area contributed by atoms with Crippen LogP contribution in [-0.4, -0.2) is 98.7 Å². The first kappa shape index (κ1) is 49.4. The number of carbonyl (C=O) groups excluding carboxylic acids is 1. The maximum absolute atomic E-state index is 13.0. The molecule has 0 bridgehead atoms. The van der Waals surface area contributed by atoms with Gasteiger partial charge in [0.05, 0.1) is 25.4 Å². The van der Waals surface area contributed by atoms with Gasteiger partial charge in [-0.15, -0.1) is 0 Å². The number of aliphatic hydroxyl groups is 6. The molecule has 1 aliphatic heterocycles. The van der Waals surface area contributed by atoms with Gasteiger partial charge in [0.25, 0.3) is 0 Å². The molecule has 8 atom stereocenters. The third-order valence-corrected chi connectivity index (χ3v) is 10.2. The van der Waals surface area contributed by atoms with Gasteiger partial charge >= 0.3 is 0 Å². The Morgan fingerprint density at radius 3 is 1.83 bits per heavy atom. The highest BCUT2D eigenvalue weighted by molar-refractivity contribution is 5.80. The molecule has 53 heavy (non-hydrogen) atoms. The predicted octanol–water partition coefficient (Wildman–Crippen LogP) is 7.08. The third kappa shape index (κ3) is 23.8. The molecule has 10 heteroatoms. The van der Waals surface area contributed by atoms with E-state index in [1.165, 1.54) is 102 Å². The largest absolute Gasteiger partial charge is 0.394 e. The number of hydrogen-bond donors (Lipinski definition) is 7. The molecule has 0 aromatic carbocycles. The molecule has 1 heterocycles. The fourth-order valence-corrected chi connectivity index (χ4v) is 6.55. The van der Waals surface area contributed by atoms with Gasteiger partial charge in [-0.2, -0.15) is 0 Å². The zero-order chi connectivity index (χ0) is 39.1. The van der Waals surface area contributed by atoms with E-state index in [1.807, 2.05) is 6.08 Å². The number of aliphatic hydroxyl groups excluding tert-OH is 6. The SMILES string of the molecule is CCCCCCC/C=C/C(C)=C/CC/C=C/C(O)C(CO[C@@H]1O[C@H](CO)[C@@H](O)[C@H](O)[C@H]1O)NC(=O)C(O)CCCCCCCCCCCCCCCC. The smallest absolute Gasteiger partial charge is 0.249 e. The molecular weight excluding hydrogens is 674 g/mol. The molecule has 310 valence electrons. The van der Waals surface area contributed by atoms with Gasteiger partial charge in [0, 0.05) is 0 Å². The zero-order valence-corrected chi connectivity index (χ0v) is 33.6. The van der Waals surface area contributed by atoms with Crippen LogP contribution in [0.4, 0.5) is 0 Å². The number of rotatable bonds is 33. The first-order valence-electron chi connectivity index (χ1n) is 21.2. The maximum atomic E-state index is 13.0. The number of allylic oxidation sites excluding steroid dienone is 5. The molecule has 0 spiro atoms. The van der Waals surface area contributed by atoms with Gasteiger partial charge in [0.2, 0.25) is 5.91 Å². The fourth-order valence-electron chi connectivity index (χ4n) is 6.55. The van der Waals surface area contributed by atoms with E-state index < -0.39 is 61.5 Å². The number of hydrogen-bond acceptors (Lipinski definition) is 9. The number of nitrogens with one attached hydrogen (secondary N) is 1. The highest BCUT2D eigenvalue weighted by Crippen LogP contribution is 2.22. The third-order valence-electron chi connectivity index (χ3n) is 10.2. The Hall–Kier alpha value is -1.63. The van der Waals surface area contributed by atoms with Crippen LogP contribution in [0.15, 0.2) is 36.0 Å². The van der Waals surface area contributed by atoms with Crippen molar-refractivity contribution in [2.75, 3.05) is 13.2 Å². The summed E-state index contributed by atoms with van der Waals surface area (Å²) in [4.78, 5) is 13.0. The van der Waals surface area contributed by atoms with Crippen LogP contribution in [0.1, 0.15) is 168 Å². The average molecular weight is 754 g/mol. The van der Waals surface area contributed by atoms with E-state index in [1.54, 1.807) is 6.08 Å². The molecule has 1 rings (SSSR count). The minimum absolute atomic E-state index is 0.301. The molecule has 10 nitrogen and oxygen atoms in total. The van der Waals surface area contributed by atoms with Crippen molar-refractivity contribution in [3.8, 4) is 0 Å². The lowest BCUT2D eigenvalue weighted by Crippen LogP contribution is -2.60. The molecule has 0 aliphatic carbocycles. The van der Waals surface area contributed by atoms with E-state index in [2.05, 4.69) is 44.3 Å². The number of unbranched alkanes of at least 4 members (excludes halogenated alkanes) is 19. The van der Waals surface area contributed by atoms with Crippen LogP contribution < -0.4 is 5.32 Å². The van der Waals surface area contributed by atoms with E-state index in [0.717, 1.165) is 32.1 Å². The standard InChI is InChI=1S/C43H79NO9/c1-4-6-8-10-12-13-14-15-16-17-18-20-22-26-31-37(47)42(51)44-35(33-52-43-41(50)40(49)39(48)38(32-45)53-43)36(46)30-27-23-25-29-34(3)28-24-21-19-11-9-7-5-2/h24,27-30,35-41,43,45-50H,4-23,25-26,31-33H2,1-3H3,(H,44,51)/b28-24+,30-27+,34-29+/t35?,36?,37?,38-,39-,40+,41-,43-/m1/s1. The Labute approximate surface area is 322 Å². The summed E-state index contributed by atoms with van der Waals surface area (Å²) in [6.07, 6.45) is 26.2. The quantitative estimate of drug-likeness (QED) is 0.0210. The second-order valence-electron chi connectivity index (χ2n) is 15.1. The molecule has 0 aromatic rings. The Morgan fingerprint density at radius 2 is 1.26 bits per heavy atom. The first-order chi connectivity index (χ1) is 25.7. The molecule has 1 aliphatic rings. The molecule has 1 saturated heterocycles. The van der Waals surface area contributed by atoms with E-state index in [4.69, 9.17) is 9.47 Å². The van der Waals surface area contributed by atoms with E-state index in [0.29, 0.717) is 19.3 Å². The summed E-state index contributed by atoms with van der Waals surface area (Å²) in [5.41, 5.74) is 1.18. The van der Waals surface area contributed by atoms with Gasteiger partial charge in [0.15, 0.2) is 6.29 Å². The Bertz CT molecular complexity index is 971. The Balaban J connectivity index is 2.57. The average Bonchev–Trinajstić information content (AvgIpc) is 3.15. The van der Waals surface area contributed by atoms with E-state index in [-0.39, 0.29) is 6.61 Å². The van der Waals surface area contributed by atoms with Crippen LogP contribution in [0, 0.1) is 0 Å². The summed E-state index contributed by atoms with van der Waals surface area (Å²) < 4.78 is 11.1. The topological polar surface area (TPSA) is 169 Å². The maximum Gasteiger partial charge on any atom is 0.249 e. The van der Waals surface area contributed by atoms with Crippen molar-refractivity contribution in [2.45, 2.75) is 217 Å². The summed E-state index contributed by atoms with van der Waals surface area (Å²) in [7, 11) is 0. The van der Waals surface area contributed by atoms with E-state index in [9.17, 15) is 35.4 Å². The van der Waals surface area contributed by atoms with Crippen molar-refractivity contribution in [1.82, 2.24) is 5.32 Å². The van der Waals surface area contributed by atoms with Crippen LogP contribution in [-0.2, 0) is 14.3 Å². The predicted molar refractivity (Wildman–Crippen MR) is 213 cm³/mol. The van der Waals surface area contributed by atoms with Gasteiger partial charge in [-0.05, 0) is 39.0 Å².